The van der Waals surface area contributed by atoms with E-state index in [2.05, 4.69) is 15.1 Å². The molecule has 0 fully saturated rings. The van der Waals surface area contributed by atoms with Crippen LogP contribution in [0.4, 0.5) is 0 Å². The molecule has 0 aliphatic carbocycles. The fraction of sp³-hybridized carbons (Fsp3) is 0.667. The quantitative estimate of drug-likeness (QED) is 0.633. The van der Waals surface area contributed by atoms with E-state index in [1.807, 2.05) is 19.3 Å². The molecule has 16 heavy (non-hydrogen) atoms. The third-order valence-corrected chi connectivity index (χ3v) is 3.46. The standard InChI is InChI=1S/C9H18N4O2S/c1-3-11-16(14,15)7-5-10-8-9-4-6-13(2)12-9/h4,6,10-11H,3,5,7-8H2,1-2H3. The molecule has 0 aliphatic heterocycles. The smallest absolute Gasteiger partial charge is 0.212 e. The molecule has 0 amide bonds. The second-order valence-electron chi connectivity index (χ2n) is 3.47. The normalized spacial score (nSPS) is 11.9. The summed E-state index contributed by atoms with van der Waals surface area (Å²) in [5, 5.41) is 7.20. The van der Waals surface area contributed by atoms with Gasteiger partial charge in [-0.1, -0.05) is 6.92 Å². The molecule has 1 heterocycles. The summed E-state index contributed by atoms with van der Waals surface area (Å²) < 4.78 is 26.7. The Hall–Kier alpha value is -0.920. The Kier molecular flexibility index (Phi) is 4.91. The Morgan fingerprint density at radius 2 is 2.25 bits per heavy atom. The van der Waals surface area contributed by atoms with Crippen molar-refractivity contribution in [2.45, 2.75) is 13.5 Å². The summed E-state index contributed by atoms with van der Waals surface area (Å²) in [6.45, 7) is 3.20. The average Bonchev–Trinajstić information content (AvgIpc) is 2.59. The first kappa shape index (κ1) is 13.1. The van der Waals surface area contributed by atoms with E-state index in [9.17, 15) is 8.42 Å². The van der Waals surface area contributed by atoms with Crippen LogP contribution in [0, 0.1) is 0 Å². The topological polar surface area (TPSA) is 76.0 Å². The Morgan fingerprint density at radius 1 is 1.50 bits per heavy atom. The maximum absolute atomic E-state index is 11.3. The summed E-state index contributed by atoms with van der Waals surface area (Å²) in [6.07, 6.45) is 1.85. The van der Waals surface area contributed by atoms with Gasteiger partial charge in [0.05, 0.1) is 11.4 Å². The van der Waals surface area contributed by atoms with Crippen molar-refractivity contribution in [1.29, 1.82) is 0 Å². The zero-order valence-corrected chi connectivity index (χ0v) is 10.4. The van der Waals surface area contributed by atoms with E-state index in [1.165, 1.54) is 0 Å². The van der Waals surface area contributed by atoms with E-state index >= 15 is 0 Å². The minimum atomic E-state index is -3.12. The lowest BCUT2D eigenvalue weighted by molar-refractivity contribution is 0.577. The molecule has 6 nitrogen and oxygen atoms in total. The summed E-state index contributed by atoms with van der Waals surface area (Å²) in [5.74, 6) is 0.0909. The maximum Gasteiger partial charge on any atom is 0.212 e. The molecular formula is C9H18N4O2S. The molecule has 0 aliphatic rings. The largest absolute Gasteiger partial charge is 0.310 e. The van der Waals surface area contributed by atoms with Gasteiger partial charge in [0.1, 0.15) is 0 Å². The fourth-order valence-corrected chi connectivity index (χ4v) is 2.27. The van der Waals surface area contributed by atoms with Crippen molar-refractivity contribution in [2.24, 2.45) is 7.05 Å². The van der Waals surface area contributed by atoms with Gasteiger partial charge in [-0.2, -0.15) is 5.10 Å². The maximum atomic E-state index is 11.3. The van der Waals surface area contributed by atoms with Crippen LogP contribution in [0.15, 0.2) is 12.3 Å². The Bertz CT molecular complexity index is 413. The Balaban J connectivity index is 2.22. The lowest BCUT2D eigenvalue weighted by Crippen LogP contribution is -2.31. The van der Waals surface area contributed by atoms with Crippen molar-refractivity contribution in [3.63, 3.8) is 0 Å². The van der Waals surface area contributed by atoms with Crippen LogP contribution in [-0.2, 0) is 23.6 Å². The second kappa shape index (κ2) is 5.97. The van der Waals surface area contributed by atoms with E-state index in [-0.39, 0.29) is 5.75 Å². The summed E-state index contributed by atoms with van der Waals surface area (Å²) >= 11 is 0. The zero-order valence-electron chi connectivity index (χ0n) is 9.60. The predicted octanol–water partition coefficient (Wildman–Crippen LogP) is -0.551. The van der Waals surface area contributed by atoms with Gasteiger partial charge >= 0.3 is 0 Å². The minimum absolute atomic E-state index is 0.0909. The van der Waals surface area contributed by atoms with E-state index in [1.54, 1.807) is 11.6 Å². The van der Waals surface area contributed by atoms with Crippen molar-refractivity contribution in [1.82, 2.24) is 19.8 Å². The number of nitrogens with one attached hydrogen (secondary N) is 2. The molecule has 0 radical (unpaired) electrons. The third kappa shape index (κ3) is 4.73. The van der Waals surface area contributed by atoms with Gasteiger partial charge in [0.25, 0.3) is 0 Å². The van der Waals surface area contributed by atoms with Crippen LogP contribution in [0.3, 0.4) is 0 Å². The lowest BCUT2D eigenvalue weighted by atomic mass is 10.4. The Labute approximate surface area is 96.1 Å². The lowest BCUT2D eigenvalue weighted by Gasteiger charge is -2.04. The van der Waals surface area contributed by atoms with Gasteiger partial charge in [-0.15, -0.1) is 0 Å². The highest BCUT2D eigenvalue weighted by molar-refractivity contribution is 7.89. The van der Waals surface area contributed by atoms with Gasteiger partial charge < -0.3 is 5.32 Å². The van der Waals surface area contributed by atoms with Gasteiger partial charge in [0, 0.05) is 32.9 Å². The summed E-state index contributed by atoms with van der Waals surface area (Å²) in [4.78, 5) is 0. The first-order valence-electron chi connectivity index (χ1n) is 5.20. The molecule has 1 aromatic heterocycles. The van der Waals surface area contributed by atoms with Crippen LogP contribution in [0.25, 0.3) is 0 Å². The highest BCUT2D eigenvalue weighted by Gasteiger charge is 2.07. The predicted molar refractivity (Wildman–Crippen MR) is 62.4 cm³/mol. The van der Waals surface area contributed by atoms with Gasteiger partial charge in [0.15, 0.2) is 0 Å². The highest BCUT2D eigenvalue weighted by atomic mass is 32.2. The first-order valence-corrected chi connectivity index (χ1v) is 6.85. The summed E-state index contributed by atoms with van der Waals surface area (Å²) in [5.41, 5.74) is 0.906. The SMILES string of the molecule is CCNS(=O)(=O)CCNCc1ccn(C)n1. The van der Waals surface area contributed by atoms with Crippen molar-refractivity contribution < 1.29 is 8.42 Å². The first-order chi connectivity index (χ1) is 7.53. The molecule has 0 saturated heterocycles. The number of hydrogen-bond donors (Lipinski definition) is 2. The van der Waals surface area contributed by atoms with Crippen LogP contribution < -0.4 is 10.0 Å². The molecule has 92 valence electrons. The molecular weight excluding hydrogens is 228 g/mol. The van der Waals surface area contributed by atoms with Gasteiger partial charge in [-0.05, 0) is 6.07 Å². The Morgan fingerprint density at radius 3 is 2.81 bits per heavy atom. The molecule has 2 N–H and O–H groups in total. The number of aromatic nitrogens is 2. The molecule has 0 unspecified atom stereocenters. The number of hydrogen-bond acceptors (Lipinski definition) is 4. The molecule has 7 heteroatoms. The van der Waals surface area contributed by atoms with Crippen LogP contribution in [0.5, 0.6) is 0 Å². The van der Waals surface area contributed by atoms with Gasteiger partial charge in [-0.25, -0.2) is 13.1 Å². The van der Waals surface area contributed by atoms with E-state index in [0.717, 1.165) is 5.69 Å². The molecule has 1 aromatic rings. The molecule has 0 spiro atoms. The van der Waals surface area contributed by atoms with Gasteiger partial charge in [-0.3, -0.25) is 4.68 Å². The van der Waals surface area contributed by atoms with Crippen molar-refractivity contribution >= 4 is 10.0 Å². The highest BCUT2D eigenvalue weighted by Crippen LogP contribution is 1.92. The third-order valence-electron chi connectivity index (χ3n) is 1.99. The monoisotopic (exact) mass is 246 g/mol. The number of nitrogens with zero attached hydrogens (tertiary/aromatic N) is 2. The molecule has 0 aromatic carbocycles. The molecule has 0 bridgehead atoms. The van der Waals surface area contributed by atoms with Crippen LogP contribution in [0.1, 0.15) is 12.6 Å². The molecule has 0 saturated carbocycles. The van der Waals surface area contributed by atoms with E-state index < -0.39 is 10.0 Å². The van der Waals surface area contributed by atoms with E-state index in [4.69, 9.17) is 0 Å². The average molecular weight is 246 g/mol. The fourth-order valence-electron chi connectivity index (χ4n) is 1.27. The van der Waals surface area contributed by atoms with Crippen LogP contribution >= 0.6 is 0 Å². The van der Waals surface area contributed by atoms with Crippen LogP contribution in [0.2, 0.25) is 0 Å². The van der Waals surface area contributed by atoms with Crippen molar-refractivity contribution in [3.8, 4) is 0 Å². The minimum Gasteiger partial charge on any atom is -0.310 e. The summed E-state index contributed by atoms with van der Waals surface area (Å²) in [7, 11) is -1.27. The second-order valence-corrected chi connectivity index (χ2v) is 5.40. The zero-order chi connectivity index (χ0) is 12.0. The number of rotatable bonds is 7. The van der Waals surface area contributed by atoms with Crippen molar-refractivity contribution in [2.75, 3.05) is 18.8 Å². The molecule has 1 rings (SSSR count). The van der Waals surface area contributed by atoms with Crippen LogP contribution in [-0.4, -0.2) is 37.0 Å². The number of aryl methyl sites for hydroxylation is 1. The van der Waals surface area contributed by atoms with Crippen molar-refractivity contribution in [3.05, 3.63) is 18.0 Å². The molecule has 0 atom stereocenters. The van der Waals surface area contributed by atoms with E-state index in [0.29, 0.717) is 19.6 Å². The summed E-state index contributed by atoms with van der Waals surface area (Å²) in [6, 6.07) is 1.89. The number of sulfonamides is 1. The van der Waals surface area contributed by atoms with Gasteiger partial charge in [0.2, 0.25) is 10.0 Å².